The first-order valence-electron chi connectivity index (χ1n) is 7.73. The van der Waals surface area contributed by atoms with Gasteiger partial charge >= 0.3 is 0 Å². The summed E-state index contributed by atoms with van der Waals surface area (Å²) >= 11 is 3.49. The third kappa shape index (κ3) is 3.63. The molecule has 1 amide bonds. The van der Waals surface area contributed by atoms with E-state index in [1.165, 1.54) is 18.4 Å². The van der Waals surface area contributed by atoms with Crippen LogP contribution in [0, 0.1) is 5.92 Å². The van der Waals surface area contributed by atoms with Crippen molar-refractivity contribution in [1.82, 2.24) is 0 Å². The Kier molecular flexibility index (Phi) is 6.08. The van der Waals surface area contributed by atoms with Crippen LogP contribution >= 0.6 is 15.9 Å². The van der Waals surface area contributed by atoms with Gasteiger partial charge in [-0.1, -0.05) is 53.9 Å². The number of fused-ring (bicyclic) bond motifs is 1. The van der Waals surface area contributed by atoms with Gasteiger partial charge in [0.1, 0.15) is 0 Å². The Morgan fingerprint density at radius 2 is 2.10 bits per heavy atom. The van der Waals surface area contributed by atoms with Crippen LogP contribution in [0.1, 0.15) is 44.6 Å². The minimum absolute atomic E-state index is 0.170. The zero-order valence-corrected chi connectivity index (χ0v) is 13.9. The lowest BCUT2D eigenvalue weighted by molar-refractivity contribution is -0.122. The van der Waals surface area contributed by atoms with E-state index in [-0.39, 0.29) is 5.92 Å². The van der Waals surface area contributed by atoms with Crippen LogP contribution in [-0.4, -0.2) is 17.8 Å². The third-order valence-corrected chi connectivity index (χ3v) is 4.56. The zero-order chi connectivity index (χ0) is 14.4. The van der Waals surface area contributed by atoms with Crippen molar-refractivity contribution < 1.29 is 4.79 Å². The number of benzene rings is 1. The summed E-state index contributed by atoms with van der Waals surface area (Å²) in [4.78, 5) is 14.8. The maximum Gasteiger partial charge on any atom is 0.230 e. The summed E-state index contributed by atoms with van der Waals surface area (Å²) in [5.74, 6) is 0.494. The molecule has 1 aliphatic heterocycles. The van der Waals surface area contributed by atoms with E-state index < -0.39 is 0 Å². The fourth-order valence-corrected chi connectivity index (χ4v) is 3.48. The Labute approximate surface area is 130 Å². The number of carbonyl (C=O) groups is 1. The molecule has 0 spiro atoms. The van der Waals surface area contributed by atoms with Gasteiger partial charge in [-0.3, -0.25) is 4.79 Å². The highest BCUT2D eigenvalue weighted by Crippen LogP contribution is 2.31. The molecule has 1 aliphatic rings. The van der Waals surface area contributed by atoms with Crippen LogP contribution in [0.2, 0.25) is 0 Å². The number of hydrogen-bond donors (Lipinski definition) is 0. The molecule has 1 heterocycles. The van der Waals surface area contributed by atoms with Gasteiger partial charge in [0.05, 0.1) is 0 Å². The fourth-order valence-electron chi connectivity index (χ4n) is 2.93. The molecular weight excluding hydrogens is 314 g/mol. The number of rotatable bonds is 6. The number of carbonyl (C=O) groups excluding carboxylic acids is 1. The SMILES string of the molecule is CCCCCN1C(=O)C(CCBr)CCc2ccccc21. The molecular formula is C17H24BrNO. The predicted octanol–water partition coefficient (Wildman–Crippen LogP) is 4.56. The van der Waals surface area contributed by atoms with Crippen molar-refractivity contribution in [2.45, 2.75) is 45.4 Å². The van der Waals surface area contributed by atoms with Crippen LogP contribution in [-0.2, 0) is 11.2 Å². The monoisotopic (exact) mass is 337 g/mol. The number of anilines is 1. The van der Waals surface area contributed by atoms with Gasteiger partial charge in [-0.15, -0.1) is 0 Å². The Morgan fingerprint density at radius 1 is 1.30 bits per heavy atom. The van der Waals surface area contributed by atoms with E-state index in [9.17, 15) is 4.79 Å². The number of nitrogens with zero attached hydrogens (tertiary/aromatic N) is 1. The molecule has 3 heteroatoms. The largest absolute Gasteiger partial charge is 0.312 e. The smallest absolute Gasteiger partial charge is 0.230 e. The quantitative estimate of drug-likeness (QED) is 0.550. The Morgan fingerprint density at radius 3 is 2.85 bits per heavy atom. The molecule has 1 atom stereocenters. The van der Waals surface area contributed by atoms with E-state index in [0.717, 1.165) is 43.2 Å². The number of para-hydroxylation sites is 1. The van der Waals surface area contributed by atoms with Gasteiger partial charge in [0, 0.05) is 23.5 Å². The van der Waals surface area contributed by atoms with Gasteiger partial charge in [0.2, 0.25) is 5.91 Å². The van der Waals surface area contributed by atoms with E-state index in [1.807, 2.05) is 11.0 Å². The van der Waals surface area contributed by atoms with Gasteiger partial charge in [0.15, 0.2) is 0 Å². The van der Waals surface area contributed by atoms with Crippen molar-refractivity contribution in [1.29, 1.82) is 0 Å². The lowest BCUT2D eigenvalue weighted by Crippen LogP contribution is -2.36. The normalized spacial score (nSPS) is 18.8. The maximum absolute atomic E-state index is 12.8. The minimum atomic E-state index is 0.170. The molecule has 110 valence electrons. The second-order valence-corrected chi connectivity index (χ2v) is 6.33. The number of amides is 1. The van der Waals surface area contributed by atoms with Crippen LogP contribution < -0.4 is 4.90 Å². The van der Waals surface area contributed by atoms with Gasteiger partial charge in [0.25, 0.3) is 0 Å². The number of halogens is 1. The van der Waals surface area contributed by atoms with Crippen molar-refractivity contribution in [3.8, 4) is 0 Å². The van der Waals surface area contributed by atoms with Crippen LogP contribution in [0.25, 0.3) is 0 Å². The second kappa shape index (κ2) is 7.82. The van der Waals surface area contributed by atoms with E-state index in [2.05, 4.69) is 41.1 Å². The number of unbranched alkanes of at least 4 members (excludes halogenated alkanes) is 2. The molecule has 0 radical (unpaired) electrons. The molecule has 2 rings (SSSR count). The average molecular weight is 338 g/mol. The fraction of sp³-hybridized carbons (Fsp3) is 0.588. The first-order valence-corrected chi connectivity index (χ1v) is 8.85. The second-order valence-electron chi connectivity index (χ2n) is 5.54. The van der Waals surface area contributed by atoms with Gasteiger partial charge in [-0.2, -0.15) is 0 Å². The maximum atomic E-state index is 12.8. The molecule has 0 saturated heterocycles. The third-order valence-electron chi connectivity index (χ3n) is 4.10. The molecule has 0 fully saturated rings. The van der Waals surface area contributed by atoms with E-state index >= 15 is 0 Å². The molecule has 2 nitrogen and oxygen atoms in total. The summed E-state index contributed by atoms with van der Waals surface area (Å²) in [6.07, 6.45) is 6.41. The zero-order valence-electron chi connectivity index (χ0n) is 12.3. The van der Waals surface area contributed by atoms with Crippen molar-refractivity contribution in [2.75, 3.05) is 16.8 Å². The van der Waals surface area contributed by atoms with Gasteiger partial charge in [-0.25, -0.2) is 0 Å². The molecule has 1 aromatic rings. The average Bonchev–Trinajstić information content (AvgIpc) is 2.59. The van der Waals surface area contributed by atoms with Crippen molar-refractivity contribution in [2.24, 2.45) is 5.92 Å². The first kappa shape index (κ1) is 15.6. The lowest BCUT2D eigenvalue weighted by atomic mass is 9.98. The van der Waals surface area contributed by atoms with Crippen molar-refractivity contribution >= 4 is 27.5 Å². The first-order chi connectivity index (χ1) is 9.77. The summed E-state index contributed by atoms with van der Waals surface area (Å²) in [5, 5.41) is 0.905. The Balaban J connectivity index is 2.22. The predicted molar refractivity (Wildman–Crippen MR) is 88.5 cm³/mol. The lowest BCUT2D eigenvalue weighted by Gasteiger charge is -2.25. The Bertz CT molecular complexity index is 446. The topological polar surface area (TPSA) is 20.3 Å². The number of aryl methyl sites for hydroxylation is 1. The van der Waals surface area contributed by atoms with Crippen LogP contribution in [0.5, 0.6) is 0 Å². The molecule has 20 heavy (non-hydrogen) atoms. The van der Waals surface area contributed by atoms with Gasteiger partial charge in [-0.05, 0) is 37.3 Å². The molecule has 0 N–H and O–H groups in total. The van der Waals surface area contributed by atoms with E-state index in [0.29, 0.717) is 5.91 Å². The highest BCUT2D eigenvalue weighted by molar-refractivity contribution is 9.09. The Hall–Kier alpha value is -0.830. The molecule has 1 aromatic carbocycles. The van der Waals surface area contributed by atoms with E-state index in [4.69, 9.17) is 0 Å². The van der Waals surface area contributed by atoms with Crippen LogP contribution in [0.15, 0.2) is 24.3 Å². The summed E-state index contributed by atoms with van der Waals surface area (Å²) < 4.78 is 0. The number of alkyl halides is 1. The molecule has 0 bridgehead atoms. The minimum Gasteiger partial charge on any atom is -0.312 e. The molecule has 0 saturated carbocycles. The number of hydrogen-bond acceptors (Lipinski definition) is 1. The molecule has 0 aromatic heterocycles. The summed E-state index contributed by atoms with van der Waals surface area (Å²) in [6, 6.07) is 8.41. The van der Waals surface area contributed by atoms with Crippen LogP contribution in [0.4, 0.5) is 5.69 Å². The van der Waals surface area contributed by atoms with Crippen LogP contribution in [0.3, 0.4) is 0 Å². The van der Waals surface area contributed by atoms with Crippen molar-refractivity contribution in [3.05, 3.63) is 29.8 Å². The van der Waals surface area contributed by atoms with Crippen molar-refractivity contribution in [3.63, 3.8) is 0 Å². The highest BCUT2D eigenvalue weighted by Gasteiger charge is 2.29. The standard InChI is InChI=1S/C17H24BrNO/c1-2-3-6-13-19-16-8-5-4-7-14(16)9-10-15(11-12-18)17(19)20/h4-5,7-8,15H,2-3,6,9-13H2,1H3. The summed E-state index contributed by atoms with van der Waals surface area (Å²) in [5.41, 5.74) is 2.47. The summed E-state index contributed by atoms with van der Waals surface area (Å²) in [7, 11) is 0. The molecule has 1 unspecified atom stereocenters. The molecule has 0 aliphatic carbocycles. The summed E-state index contributed by atoms with van der Waals surface area (Å²) in [6.45, 7) is 3.06. The van der Waals surface area contributed by atoms with Gasteiger partial charge < -0.3 is 4.90 Å². The van der Waals surface area contributed by atoms with E-state index in [1.54, 1.807) is 0 Å². The highest BCUT2D eigenvalue weighted by atomic mass is 79.9.